The van der Waals surface area contributed by atoms with E-state index in [-0.39, 0.29) is 11.5 Å². The molecule has 33 heavy (non-hydrogen) atoms. The number of carbonyl (C=O) groups is 1. The minimum Gasteiger partial charge on any atom is -0.322 e. The van der Waals surface area contributed by atoms with Gasteiger partial charge in [0.2, 0.25) is 0 Å². The molecule has 5 nitrogen and oxygen atoms in total. The number of halogens is 1. The monoisotopic (exact) mass is 475 g/mol. The van der Waals surface area contributed by atoms with Crippen LogP contribution in [0.5, 0.6) is 0 Å². The number of hydrogen-bond donors (Lipinski definition) is 1. The van der Waals surface area contributed by atoms with E-state index in [0.29, 0.717) is 21.3 Å². The maximum absolute atomic E-state index is 12.8. The van der Waals surface area contributed by atoms with E-state index in [9.17, 15) is 9.59 Å². The fourth-order valence-electron chi connectivity index (χ4n) is 3.57. The molecule has 0 bridgehead atoms. The zero-order chi connectivity index (χ0) is 23.5. The second-order valence-electron chi connectivity index (χ2n) is 7.75. The molecule has 4 rings (SSSR count). The smallest absolute Gasteiger partial charge is 0.271 e. The van der Waals surface area contributed by atoms with Gasteiger partial charge in [-0.05, 0) is 86.5 Å². The van der Waals surface area contributed by atoms with Crippen LogP contribution in [0, 0.1) is 20.8 Å². The van der Waals surface area contributed by atoms with Crippen LogP contribution in [0.1, 0.15) is 27.0 Å². The van der Waals surface area contributed by atoms with Gasteiger partial charge in [-0.1, -0.05) is 41.1 Å². The zero-order valence-corrected chi connectivity index (χ0v) is 20.0. The first-order chi connectivity index (χ1) is 15.8. The highest BCUT2D eigenvalue weighted by molar-refractivity contribution is 7.99. The Labute approximate surface area is 201 Å². The van der Waals surface area contributed by atoms with Gasteiger partial charge in [0.1, 0.15) is 5.03 Å². The Bertz CT molecular complexity index is 1360. The third kappa shape index (κ3) is 5.35. The van der Waals surface area contributed by atoms with Crippen LogP contribution in [0.15, 0.2) is 87.5 Å². The van der Waals surface area contributed by atoms with Crippen molar-refractivity contribution in [3.8, 4) is 5.69 Å². The van der Waals surface area contributed by atoms with Crippen LogP contribution in [0.4, 0.5) is 5.69 Å². The molecule has 3 aromatic carbocycles. The largest absolute Gasteiger partial charge is 0.322 e. The van der Waals surface area contributed by atoms with E-state index in [1.807, 2.05) is 57.2 Å². The van der Waals surface area contributed by atoms with E-state index in [4.69, 9.17) is 11.6 Å². The average molecular weight is 476 g/mol. The first kappa shape index (κ1) is 22.8. The maximum atomic E-state index is 12.8. The summed E-state index contributed by atoms with van der Waals surface area (Å²) >= 11 is 7.38. The molecule has 4 aromatic rings. The van der Waals surface area contributed by atoms with Crippen LogP contribution in [-0.4, -0.2) is 15.7 Å². The Morgan fingerprint density at radius 1 is 0.909 bits per heavy atom. The summed E-state index contributed by atoms with van der Waals surface area (Å²) in [5.41, 5.74) is 4.84. The molecule has 1 aromatic heterocycles. The quantitative estimate of drug-likeness (QED) is 0.372. The lowest BCUT2D eigenvalue weighted by molar-refractivity contribution is 0.102. The van der Waals surface area contributed by atoms with Crippen LogP contribution < -0.4 is 10.9 Å². The van der Waals surface area contributed by atoms with Crippen LogP contribution in [0.3, 0.4) is 0 Å². The van der Waals surface area contributed by atoms with Crippen LogP contribution >= 0.6 is 23.4 Å². The number of amides is 1. The lowest BCUT2D eigenvalue weighted by Gasteiger charge is -2.13. The van der Waals surface area contributed by atoms with Gasteiger partial charge >= 0.3 is 0 Å². The van der Waals surface area contributed by atoms with Gasteiger partial charge in [0.15, 0.2) is 0 Å². The Kier molecular flexibility index (Phi) is 6.67. The molecule has 1 heterocycles. The van der Waals surface area contributed by atoms with E-state index in [1.54, 1.807) is 30.3 Å². The fraction of sp³-hybridized carbons (Fsp3) is 0.115. The molecule has 0 aliphatic rings. The molecular formula is C26H22ClN3O2S. The molecule has 0 saturated carbocycles. The van der Waals surface area contributed by atoms with E-state index in [1.165, 1.54) is 22.5 Å². The van der Waals surface area contributed by atoms with Crippen LogP contribution in [-0.2, 0) is 0 Å². The highest BCUT2D eigenvalue weighted by Gasteiger charge is 2.12. The average Bonchev–Trinajstić information content (AvgIpc) is 2.79. The minimum atomic E-state index is -0.251. The number of carbonyl (C=O) groups excluding carboxylic acids is 1. The van der Waals surface area contributed by atoms with Gasteiger partial charge in [0.25, 0.3) is 11.5 Å². The van der Waals surface area contributed by atoms with Crippen molar-refractivity contribution in [3.63, 3.8) is 0 Å². The topological polar surface area (TPSA) is 64.0 Å². The Morgan fingerprint density at radius 3 is 2.18 bits per heavy atom. The third-order valence-electron chi connectivity index (χ3n) is 5.10. The van der Waals surface area contributed by atoms with Crippen molar-refractivity contribution in [3.05, 3.63) is 110 Å². The molecule has 0 radical (unpaired) electrons. The molecule has 0 spiro atoms. The van der Waals surface area contributed by atoms with Crippen molar-refractivity contribution in [1.29, 1.82) is 0 Å². The van der Waals surface area contributed by atoms with Gasteiger partial charge in [-0.3, -0.25) is 9.59 Å². The molecule has 7 heteroatoms. The number of nitrogens with zero attached hydrogens (tertiary/aromatic N) is 2. The Balaban J connectivity index is 1.55. The summed E-state index contributed by atoms with van der Waals surface area (Å²) in [6, 6.07) is 21.5. The molecule has 0 aliphatic heterocycles. The molecule has 0 aliphatic carbocycles. The lowest BCUT2D eigenvalue weighted by Crippen LogP contribution is -2.20. The number of hydrogen-bond acceptors (Lipinski definition) is 4. The van der Waals surface area contributed by atoms with Crippen molar-refractivity contribution < 1.29 is 4.79 Å². The minimum absolute atomic E-state index is 0.205. The molecule has 1 N–H and O–H groups in total. The summed E-state index contributed by atoms with van der Waals surface area (Å²) in [7, 11) is 0. The predicted molar refractivity (Wildman–Crippen MR) is 134 cm³/mol. The van der Waals surface area contributed by atoms with Crippen LogP contribution in [0.2, 0.25) is 5.02 Å². The van der Waals surface area contributed by atoms with E-state index < -0.39 is 0 Å². The van der Waals surface area contributed by atoms with Gasteiger partial charge in [-0.2, -0.15) is 9.78 Å². The van der Waals surface area contributed by atoms with E-state index >= 15 is 0 Å². The van der Waals surface area contributed by atoms with Gasteiger partial charge in [-0.15, -0.1) is 0 Å². The number of aryl methyl sites for hydroxylation is 3. The summed E-state index contributed by atoms with van der Waals surface area (Å²) in [5, 5.41) is 8.80. The highest BCUT2D eigenvalue weighted by Crippen LogP contribution is 2.27. The standard InChI is InChI=1S/C26H22ClN3O2S/c1-16-14-17(2)25(18(3)15-16)28-26(32)19-4-8-21(9-5-19)30-24(31)13-12-23(29-30)33-22-10-6-20(27)7-11-22/h4-15H,1-3H3,(H,28,32). The summed E-state index contributed by atoms with van der Waals surface area (Å²) < 4.78 is 1.33. The second-order valence-corrected chi connectivity index (χ2v) is 9.28. The number of rotatable bonds is 5. The third-order valence-corrected chi connectivity index (χ3v) is 6.29. The summed E-state index contributed by atoms with van der Waals surface area (Å²) in [6.45, 7) is 5.99. The highest BCUT2D eigenvalue weighted by atomic mass is 35.5. The predicted octanol–water partition coefficient (Wildman–Crippen LogP) is 6.21. The van der Waals surface area contributed by atoms with Crippen LogP contribution in [0.25, 0.3) is 5.69 Å². The van der Waals surface area contributed by atoms with Gasteiger partial charge in [-0.25, -0.2) is 0 Å². The molecule has 166 valence electrons. The molecule has 1 amide bonds. The number of aromatic nitrogens is 2. The number of anilines is 1. The van der Waals surface area contributed by atoms with Crippen molar-refractivity contribution in [2.75, 3.05) is 5.32 Å². The molecule has 0 saturated heterocycles. The molecule has 0 fully saturated rings. The first-order valence-electron chi connectivity index (χ1n) is 10.3. The SMILES string of the molecule is Cc1cc(C)c(NC(=O)c2ccc(-n3nc(Sc4ccc(Cl)cc4)ccc3=O)cc2)c(C)c1. The van der Waals surface area contributed by atoms with Gasteiger partial charge < -0.3 is 5.32 Å². The normalized spacial score (nSPS) is 10.8. The molecule has 0 atom stereocenters. The van der Waals surface area contributed by atoms with Crippen molar-refractivity contribution in [2.24, 2.45) is 0 Å². The summed E-state index contributed by atoms with van der Waals surface area (Å²) in [6.07, 6.45) is 0. The number of nitrogens with one attached hydrogen (secondary N) is 1. The second kappa shape index (κ2) is 9.65. The van der Waals surface area contributed by atoms with Gasteiger partial charge in [0.05, 0.1) is 5.69 Å². The Hall–Kier alpha value is -3.35. The summed E-state index contributed by atoms with van der Waals surface area (Å²) in [5.74, 6) is -0.205. The summed E-state index contributed by atoms with van der Waals surface area (Å²) in [4.78, 5) is 26.2. The van der Waals surface area contributed by atoms with Crippen molar-refractivity contribution >= 4 is 35.0 Å². The maximum Gasteiger partial charge on any atom is 0.271 e. The van der Waals surface area contributed by atoms with Gasteiger partial charge in [0, 0.05) is 27.2 Å². The number of benzene rings is 3. The first-order valence-corrected chi connectivity index (χ1v) is 11.5. The molecular weight excluding hydrogens is 454 g/mol. The van der Waals surface area contributed by atoms with Crippen molar-refractivity contribution in [2.45, 2.75) is 30.7 Å². The zero-order valence-electron chi connectivity index (χ0n) is 18.4. The molecule has 0 unspecified atom stereocenters. The Morgan fingerprint density at radius 2 is 1.55 bits per heavy atom. The van der Waals surface area contributed by atoms with E-state index in [0.717, 1.165) is 27.3 Å². The fourth-order valence-corrected chi connectivity index (χ4v) is 4.47. The van der Waals surface area contributed by atoms with E-state index in [2.05, 4.69) is 10.4 Å². The van der Waals surface area contributed by atoms with Crippen molar-refractivity contribution in [1.82, 2.24) is 9.78 Å². The lowest BCUT2D eigenvalue weighted by atomic mass is 10.0.